The molecule has 1 aromatic carbocycles. The number of para-hydroxylation sites is 1. The topological polar surface area (TPSA) is 105 Å². The summed E-state index contributed by atoms with van der Waals surface area (Å²) in [4.78, 5) is 35.5. The van der Waals surface area contributed by atoms with Crippen LogP contribution in [-0.4, -0.2) is 14.1 Å². The summed E-state index contributed by atoms with van der Waals surface area (Å²) in [6.07, 6.45) is 1.60. The van der Waals surface area contributed by atoms with Crippen LogP contribution < -0.4 is 31.9 Å². The predicted octanol–water partition coefficient (Wildman–Crippen LogP) is -0.691. The number of hydrogen-bond acceptors (Lipinski definition) is 4. The lowest BCUT2D eigenvalue weighted by Crippen LogP contribution is -2.51. The second-order valence-electron chi connectivity index (χ2n) is 5.48. The van der Waals surface area contributed by atoms with Crippen LogP contribution in [0, 0.1) is 0 Å². The van der Waals surface area contributed by atoms with E-state index in [0.717, 1.165) is 0 Å². The first-order valence-electron chi connectivity index (χ1n) is 7.12. The molecule has 8 nitrogen and oxygen atoms in total. The molecule has 0 bridgehead atoms. The maximum atomic E-state index is 12.7. The summed E-state index contributed by atoms with van der Waals surface area (Å²) in [5, 5.41) is 5.31. The third-order valence-corrected chi connectivity index (χ3v) is 5.59. The number of anilines is 1. The highest BCUT2D eigenvalue weighted by atomic mass is 31.2. The average Bonchev–Trinajstić information content (AvgIpc) is 3.02. The van der Waals surface area contributed by atoms with Gasteiger partial charge in [0.15, 0.2) is 0 Å². The van der Waals surface area contributed by atoms with Gasteiger partial charge in [0.05, 0.1) is 11.0 Å². The van der Waals surface area contributed by atoms with E-state index in [1.807, 2.05) is 0 Å². The van der Waals surface area contributed by atoms with E-state index in [2.05, 4.69) is 10.4 Å². The molecule has 0 saturated heterocycles. The van der Waals surface area contributed by atoms with Crippen molar-refractivity contribution >= 4 is 29.8 Å². The molecule has 4 rings (SSSR count). The summed E-state index contributed by atoms with van der Waals surface area (Å²) >= 11 is 0. The number of nitrogens with zero attached hydrogens (tertiary/aromatic N) is 2. The van der Waals surface area contributed by atoms with Gasteiger partial charge in [0.1, 0.15) is 16.6 Å². The van der Waals surface area contributed by atoms with Gasteiger partial charge in [0.25, 0.3) is 5.56 Å². The molecule has 122 valence electrons. The molecule has 1 aliphatic heterocycles. The molecule has 24 heavy (non-hydrogen) atoms. The van der Waals surface area contributed by atoms with Gasteiger partial charge < -0.3 is 10.2 Å². The monoisotopic (exact) mass is 344 g/mol. The van der Waals surface area contributed by atoms with E-state index in [1.54, 1.807) is 36.5 Å². The number of benzene rings is 1. The molecule has 1 atom stereocenters. The maximum Gasteiger partial charge on any atom is 0.324 e. The third kappa shape index (κ3) is 1.94. The van der Waals surface area contributed by atoms with Crippen LogP contribution in [0.5, 0.6) is 0 Å². The van der Waals surface area contributed by atoms with Gasteiger partial charge in [-0.05, 0) is 24.3 Å². The second-order valence-corrected chi connectivity index (χ2v) is 7.33. The van der Waals surface area contributed by atoms with Gasteiger partial charge in [-0.25, -0.2) is 4.68 Å². The molecule has 3 heterocycles. The van der Waals surface area contributed by atoms with E-state index in [0.29, 0.717) is 11.2 Å². The van der Waals surface area contributed by atoms with Gasteiger partial charge in [-0.15, -0.1) is 0 Å². The second kappa shape index (κ2) is 4.83. The van der Waals surface area contributed by atoms with E-state index >= 15 is 0 Å². The Hall–Kier alpha value is -2.83. The van der Waals surface area contributed by atoms with Crippen LogP contribution in [0.3, 0.4) is 0 Å². The lowest BCUT2D eigenvalue weighted by atomic mass is 10.3. The standard InChI is InChI=1S/C15H13N4O4P/c1-18-15(21)12(13(20)10-6-4-8-19(10)18)14-16-9-5-2-3-7-11(9)24(22,23)17-14/h2-8,16H,1H3,(H2,17,22,23). The molecule has 0 radical (unpaired) electrons. The van der Waals surface area contributed by atoms with Crippen LogP contribution >= 0.6 is 7.52 Å². The maximum absolute atomic E-state index is 12.7. The first kappa shape index (κ1) is 14.7. The van der Waals surface area contributed by atoms with Gasteiger partial charge in [-0.2, -0.15) is 0 Å². The van der Waals surface area contributed by atoms with Crippen molar-refractivity contribution in [2.45, 2.75) is 0 Å². The Kier molecular flexibility index (Phi) is 2.97. The Morgan fingerprint density at radius 1 is 1.12 bits per heavy atom. The number of rotatable bonds is 0. The van der Waals surface area contributed by atoms with Crippen molar-refractivity contribution in [3.8, 4) is 0 Å². The van der Waals surface area contributed by atoms with Crippen LogP contribution in [0.2, 0.25) is 0 Å². The lowest BCUT2D eigenvalue weighted by molar-refractivity contribution is 0.483. The Morgan fingerprint density at radius 2 is 1.88 bits per heavy atom. The lowest BCUT2D eigenvalue weighted by Gasteiger charge is -2.26. The van der Waals surface area contributed by atoms with Crippen molar-refractivity contribution in [1.29, 1.82) is 0 Å². The zero-order valence-electron chi connectivity index (χ0n) is 12.6. The van der Waals surface area contributed by atoms with E-state index in [4.69, 9.17) is 0 Å². The highest BCUT2D eigenvalue weighted by molar-refractivity contribution is 7.65. The van der Waals surface area contributed by atoms with E-state index in [-0.39, 0.29) is 16.3 Å². The first-order chi connectivity index (χ1) is 11.4. The van der Waals surface area contributed by atoms with Gasteiger partial charge in [-0.3, -0.25) is 23.8 Å². The minimum absolute atomic E-state index is 0.0613. The van der Waals surface area contributed by atoms with Crippen LogP contribution in [-0.2, 0) is 11.6 Å². The molecule has 3 N–H and O–H groups in total. The van der Waals surface area contributed by atoms with Crippen molar-refractivity contribution < 1.29 is 9.46 Å². The summed E-state index contributed by atoms with van der Waals surface area (Å²) in [7, 11) is -2.42. The largest absolute Gasteiger partial charge is 0.340 e. The normalized spacial score (nSPS) is 21.9. The Balaban J connectivity index is 2.14. The number of hydrogen-bond donors (Lipinski definition) is 3. The Bertz CT molecular complexity index is 1210. The molecule has 9 heteroatoms. The molecular weight excluding hydrogens is 331 g/mol. The van der Waals surface area contributed by atoms with E-state index in [9.17, 15) is 19.0 Å². The van der Waals surface area contributed by atoms with Crippen molar-refractivity contribution in [3.05, 3.63) is 68.4 Å². The zero-order chi connectivity index (χ0) is 17.1. The molecular formula is C15H13N4O4P. The number of aromatic nitrogens is 2. The minimum atomic E-state index is -3.94. The highest BCUT2D eigenvalue weighted by Crippen LogP contribution is 2.41. The molecule has 3 aromatic rings. The van der Waals surface area contributed by atoms with Crippen molar-refractivity contribution in [2.24, 2.45) is 7.05 Å². The summed E-state index contributed by atoms with van der Waals surface area (Å²) in [5.41, 5.74) is -0.404. The van der Waals surface area contributed by atoms with Crippen LogP contribution in [0.25, 0.3) is 11.3 Å². The fourth-order valence-corrected chi connectivity index (χ4v) is 4.19. The average molecular weight is 344 g/mol. The van der Waals surface area contributed by atoms with E-state index in [1.165, 1.54) is 22.3 Å². The predicted molar refractivity (Wildman–Crippen MR) is 90.2 cm³/mol. The molecule has 1 unspecified atom stereocenters. The first-order valence-corrected chi connectivity index (χ1v) is 8.78. The van der Waals surface area contributed by atoms with Gasteiger partial charge in [-0.1, -0.05) is 12.1 Å². The fraction of sp³-hybridized carbons (Fsp3) is 0.0667. The summed E-state index contributed by atoms with van der Waals surface area (Å²) < 4.78 is 15.2. The Morgan fingerprint density at radius 3 is 2.67 bits per heavy atom. The third-order valence-electron chi connectivity index (χ3n) is 4.02. The van der Waals surface area contributed by atoms with Gasteiger partial charge >= 0.3 is 7.52 Å². The fourth-order valence-electron chi connectivity index (χ4n) is 2.86. The van der Waals surface area contributed by atoms with Gasteiger partial charge in [0.2, 0.25) is 5.43 Å². The molecule has 1 aliphatic rings. The van der Waals surface area contributed by atoms with Crippen molar-refractivity contribution in [1.82, 2.24) is 14.3 Å². The molecule has 0 aliphatic carbocycles. The van der Waals surface area contributed by atoms with Gasteiger partial charge in [0, 0.05) is 13.2 Å². The quantitative estimate of drug-likeness (QED) is 0.466. The zero-order valence-corrected chi connectivity index (χ0v) is 13.4. The minimum Gasteiger partial charge on any atom is -0.340 e. The smallest absolute Gasteiger partial charge is 0.324 e. The number of nitrogens with one attached hydrogen (secondary N) is 2. The summed E-state index contributed by atoms with van der Waals surface area (Å²) in [6, 6.07) is 9.70. The van der Waals surface area contributed by atoms with Crippen LogP contribution in [0.15, 0.2) is 52.2 Å². The Labute approximate surface area is 135 Å². The van der Waals surface area contributed by atoms with E-state index < -0.39 is 18.5 Å². The summed E-state index contributed by atoms with van der Waals surface area (Å²) in [5.74, 6) is -0.0613. The molecule has 0 saturated carbocycles. The number of fused-ring (bicyclic) bond motifs is 2. The van der Waals surface area contributed by atoms with Crippen molar-refractivity contribution in [3.63, 3.8) is 0 Å². The summed E-state index contributed by atoms with van der Waals surface area (Å²) in [6.45, 7) is 0. The SMILES string of the molecule is Cn1c(=O)c(=C2Nc3ccccc3P(=O)(O)N2)c(=O)c2cccn21. The molecule has 2 aromatic heterocycles. The molecule has 0 spiro atoms. The van der Waals surface area contributed by atoms with Crippen LogP contribution in [0.4, 0.5) is 5.69 Å². The van der Waals surface area contributed by atoms with Crippen LogP contribution in [0.1, 0.15) is 0 Å². The number of aryl methyl sites for hydroxylation is 1. The highest BCUT2D eigenvalue weighted by Gasteiger charge is 2.31. The molecule has 0 fully saturated rings. The van der Waals surface area contributed by atoms with Crippen molar-refractivity contribution in [2.75, 3.05) is 5.32 Å². The molecule has 0 amide bonds.